The van der Waals surface area contributed by atoms with Crippen molar-refractivity contribution in [3.63, 3.8) is 0 Å². The van der Waals surface area contributed by atoms with E-state index in [-0.39, 0.29) is 11.8 Å². The second-order valence-corrected chi connectivity index (χ2v) is 6.87. The number of hydrogen-bond acceptors (Lipinski definition) is 3. The Bertz CT molecular complexity index is 697. The SMILES string of the molecule is Cc1cccc(CN2CCN(C(=O)C3(C(N)=O)CC3)C(C)C2=O)c1. The van der Waals surface area contributed by atoms with Gasteiger partial charge >= 0.3 is 0 Å². The van der Waals surface area contributed by atoms with E-state index in [0.717, 1.165) is 11.1 Å². The zero-order chi connectivity index (χ0) is 17.5. The van der Waals surface area contributed by atoms with Gasteiger partial charge in [0, 0.05) is 19.6 Å². The van der Waals surface area contributed by atoms with E-state index in [4.69, 9.17) is 5.73 Å². The Labute approximate surface area is 141 Å². The van der Waals surface area contributed by atoms with Crippen LogP contribution >= 0.6 is 0 Å². The van der Waals surface area contributed by atoms with Gasteiger partial charge in [-0.25, -0.2) is 0 Å². The first-order valence-electron chi connectivity index (χ1n) is 8.30. The standard InChI is InChI=1S/C18H23N3O3/c1-12-4-3-5-14(10-12)11-20-8-9-21(13(2)15(20)22)17(24)18(6-7-18)16(19)23/h3-5,10,13H,6-9,11H2,1-2H3,(H2,19,23). The summed E-state index contributed by atoms with van der Waals surface area (Å²) in [6.07, 6.45) is 0.983. The number of hydrogen-bond donors (Lipinski definition) is 1. The molecule has 2 N–H and O–H groups in total. The van der Waals surface area contributed by atoms with Crippen molar-refractivity contribution in [3.05, 3.63) is 35.4 Å². The quantitative estimate of drug-likeness (QED) is 0.830. The second kappa shape index (κ2) is 5.92. The molecule has 1 unspecified atom stereocenters. The van der Waals surface area contributed by atoms with Gasteiger partial charge in [0.2, 0.25) is 17.7 Å². The number of nitrogens with zero attached hydrogens (tertiary/aromatic N) is 2. The van der Waals surface area contributed by atoms with Crippen LogP contribution in [0.3, 0.4) is 0 Å². The highest BCUT2D eigenvalue weighted by atomic mass is 16.2. The van der Waals surface area contributed by atoms with Crippen LogP contribution in [0, 0.1) is 12.3 Å². The lowest BCUT2D eigenvalue weighted by Gasteiger charge is -2.40. The van der Waals surface area contributed by atoms with Crippen LogP contribution < -0.4 is 5.73 Å². The molecule has 24 heavy (non-hydrogen) atoms. The van der Waals surface area contributed by atoms with Crippen molar-refractivity contribution in [1.82, 2.24) is 9.80 Å². The number of carbonyl (C=O) groups excluding carboxylic acids is 3. The van der Waals surface area contributed by atoms with Crippen molar-refractivity contribution < 1.29 is 14.4 Å². The summed E-state index contributed by atoms with van der Waals surface area (Å²) in [6, 6.07) is 7.48. The fourth-order valence-corrected chi connectivity index (χ4v) is 3.36. The summed E-state index contributed by atoms with van der Waals surface area (Å²) in [5.41, 5.74) is 6.55. The van der Waals surface area contributed by atoms with Gasteiger partial charge in [-0.1, -0.05) is 29.8 Å². The van der Waals surface area contributed by atoms with Crippen LogP contribution in [-0.2, 0) is 20.9 Å². The predicted molar refractivity (Wildman–Crippen MR) is 88.6 cm³/mol. The Balaban J connectivity index is 1.70. The number of amides is 3. The van der Waals surface area contributed by atoms with Crippen molar-refractivity contribution >= 4 is 17.7 Å². The van der Waals surface area contributed by atoms with Crippen molar-refractivity contribution in [3.8, 4) is 0 Å². The lowest BCUT2D eigenvalue weighted by Crippen LogP contribution is -2.59. The van der Waals surface area contributed by atoms with Crippen molar-refractivity contribution in [2.24, 2.45) is 11.1 Å². The van der Waals surface area contributed by atoms with Crippen LogP contribution in [0.2, 0.25) is 0 Å². The van der Waals surface area contributed by atoms with E-state index in [1.54, 1.807) is 11.8 Å². The monoisotopic (exact) mass is 329 g/mol. The summed E-state index contributed by atoms with van der Waals surface area (Å²) >= 11 is 0. The third-order valence-corrected chi connectivity index (χ3v) is 5.10. The van der Waals surface area contributed by atoms with Gasteiger partial charge in [-0.15, -0.1) is 0 Å². The zero-order valence-corrected chi connectivity index (χ0v) is 14.1. The van der Waals surface area contributed by atoms with Gasteiger partial charge in [-0.3, -0.25) is 14.4 Å². The van der Waals surface area contributed by atoms with Gasteiger partial charge in [0.15, 0.2) is 0 Å². The fourth-order valence-electron chi connectivity index (χ4n) is 3.36. The van der Waals surface area contributed by atoms with E-state index >= 15 is 0 Å². The Morgan fingerprint density at radius 3 is 2.58 bits per heavy atom. The number of aryl methyl sites for hydroxylation is 1. The van der Waals surface area contributed by atoms with Crippen LogP contribution in [0.25, 0.3) is 0 Å². The first-order chi connectivity index (χ1) is 11.3. The first kappa shape index (κ1) is 16.5. The molecule has 6 nitrogen and oxygen atoms in total. The molecule has 3 amide bonds. The molecule has 128 valence electrons. The zero-order valence-electron chi connectivity index (χ0n) is 14.1. The highest BCUT2D eigenvalue weighted by molar-refractivity contribution is 6.08. The Morgan fingerprint density at radius 1 is 1.29 bits per heavy atom. The van der Waals surface area contributed by atoms with Crippen LogP contribution in [0.15, 0.2) is 24.3 Å². The lowest BCUT2D eigenvalue weighted by atomic mass is 10.0. The van der Waals surface area contributed by atoms with Gasteiger partial charge < -0.3 is 15.5 Å². The van der Waals surface area contributed by atoms with E-state index in [9.17, 15) is 14.4 Å². The molecule has 0 aromatic heterocycles. The van der Waals surface area contributed by atoms with Crippen molar-refractivity contribution in [1.29, 1.82) is 0 Å². The number of rotatable bonds is 4. The first-order valence-corrected chi connectivity index (χ1v) is 8.30. The summed E-state index contributed by atoms with van der Waals surface area (Å²) in [5, 5.41) is 0. The molecule has 6 heteroatoms. The Hall–Kier alpha value is -2.37. The molecule has 0 bridgehead atoms. The third-order valence-electron chi connectivity index (χ3n) is 5.10. The van der Waals surface area contributed by atoms with E-state index < -0.39 is 17.4 Å². The molecule has 1 atom stereocenters. The Kier molecular flexibility index (Phi) is 4.07. The Morgan fingerprint density at radius 2 is 2.00 bits per heavy atom. The number of nitrogens with two attached hydrogens (primary N) is 1. The van der Waals surface area contributed by atoms with Crippen LogP contribution in [0.4, 0.5) is 0 Å². The average Bonchev–Trinajstić information content (AvgIpc) is 3.33. The van der Waals surface area contributed by atoms with Gasteiger partial charge in [-0.2, -0.15) is 0 Å². The molecule has 1 aliphatic carbocycles. The lowest BCUT2D eigenvalue weighted by molar-refractivity contribution is -0.156. The van der Waals surface area contributed by atoms with Crippen molar-refractivity contribution in [2.75, 3.05) is 13.1 Å². The molecule has 2 aliphatic rings. The number of primary amides is 1. The van der Waals surface area contributed by atoms with Crippen LogP contribution in [0.5, 0.6) is 0 Å². The maximum absolute atomic E-state index is 12.7. The number of piperazine rings is 1. The second-order valence-electron chi connectivity index (χ2n) is 6.87. The van der Waals surface area contributed by atoms with Crippen molar-refractivity contribution in [2.45, 2.75) is 39.3 Å². The minimum absolute atomic E-state index is 0.0867. The van der Waals surface area contributed by atoms with Gasteiger partial charge in [0.1, 0.15) is 11.5 Å². The minimum Gasteiger partial charge on any atom is -0.369 e. The minimum atomic E-state index is -1.06. The summed E-state index contributed by atoms with van der Waals surface area (Å²) < 4.78 is 0. The summed E-state index contributed by atoms with van der Waals surface area (Å²) in [7, 11) is 0. The molecule has 2 fully saturated rings. The van der Waals surface area contributed by atoms with Gasteiger partial charge in [0.25, 0.3) is 0 Å². The molecule has 0 radical (unpaired) electrons. The fraction of sp³-hybridized carbons (Fsp3) is 0.500. The maximum atomic E-state index is 12.7. The van der Waals surface area contributed by atoms with Gasteiger partial charge in [0.05, 0.1) is 0 Å². The van der Waals surface area contributed by atoms with E-state index in [0.29, 0.717) is 32.5 Å². The van der Waals surface area contributed by atoms with E-state index in [1.165, 1.54) is 4.90 Å². The number of carbonyl (C=O) groups is 3. The number of benzene rings is 1. The molecule has 1 heterocycles. The van der Waals surface area contributed by atoms with Gasteiger partial charge in [-0.05, 0) is 32.3 Å². The maximum Gasteiger partial charge on any atom is 0.245 e. The smallest absolute Gasteiger partial charge is 0.245 e. The average molecular weight is 329 g/mol. The normalized spacial score (nSPS) is 22.4. The van der Waals surface area contributed by atoms with Crippen LogP contribution in [0.1, 0.15) is 30.9 Å². The summed E-state index contributed by atoms with van der Waals surface area (Å²) in [4.78, 5) is 40.2. The molecule has 1 aliphatic heterocycles. The van der Waals surface area contributed by atoms with Crippen LogP contribution in [-0.4, -0.2) is 46.7 Å². The largest absolute Gasteiger partial charge is 0.369 e. The highest BCUT2D eigenvalue weighted by Crippen LogP contribution is 2.47. The highest BCUT2D eigenvalue weighted by Gasteiger charge is 2.58. The van der Waals surface area contributed by atoms with E-state index in [1.807, 2.05) is 25.1 Å². The molecule has 1 aromatic rings. The molecular formula is C18H23N3O3. The van der Waals surface area contributed by atoms with E-state index in [2.05, 4.69) is 6.07 Å². The summed E-state index contributed by atoms with van der Waals surface area (Å²) in [6.45, 7) is 5.18. The summed E-state index contributed by atoms with van der Waals surface area (Å²) in [5.74, 6) is -0.947. The topological polar surface area (TPSA) is 83.7 Å². The molecule has 0 spiro atoms. The predicted octanol–water partition coefficient (Wildman–Crippen LogP) is 0.820. The molecule has 1 saturated carbocycles. The molecular weight excluding hydrogens is 306 g/mol. The molecule has 3 rings (SSSR count). The molecule has 1 aromatic carbocycles. The molecule has 1 saturated heterocycles. The third kappa shape index (κ3) is 2.77.